The molecule has 1 saturated heterocycles. The van der Waals surface area contributed by atoms with Crippen LogP contribution in [0, 0.1) is 0 Å². The first-order valence-electron chi connectivity index (χ1n) is 8.78. The number of nitrogens with zero attached hydrogens (tertiary/aromatic N) is 2. The van der Waals surface area contributed by atoms with Crippen molar-refractivity contribution in [1.82, 2.24) is 14.9 Å². The summed E-state index contributed by atoms with van der Waals surface area (Å²) in [5, 5.41) is 31.6. The van der Waals surface area contributed by atoms with Crippen molar-refractivity contribution in [2.45, 2.75) is 32.6 Å². The molecular weight excluding hydrogens is 365 g/mol. The number of hydrogen-bond acceptors (Lipinski definition) is 7. The van der Waals surface area contributed by atoms with Gasteiger partial charge in [-0.15, -0.1) is 12.6 Å². The van der Waals surface area contributed by atoms with Crippen LogP contribution in [0.4, 0.5) is 0 Å². The van der Waals surface area contributed by atoms with Gasteiger partial charge in [0.05, 0.1) is 19.1 Å². The molecule has 28 heavy (non-hydrogen) atoms. The number of carbonyl (C=O) groups is 2. The zero-order valence-corrected chi connectivity index (χ0v) is 14.4. The molecule has 10 heteroatoms. The van der Waals surface area contributed by atoms with Gasteiger partial charge in [-0.1, -0.05) is 25.5 Å². The van der Waals surface area contributed by atoms with Crippen molar-refractivity contribution in [1.29, 1.82) is 0 Å². The minimum absolute atomic E-state index is 0. The lowest BCUT2D eigenvalue weighted by atomic mass is 9.47. The number of nitrogens with one attached hydrogen (secondary N) is 1. The van der Waals surface area contributed by atoms with Gasteiger partial charge in [-0.25, -0.2) is 4.98 Å². The number of aromatic carboxylic acids is 1. The van der Waals surface area contributed by atoms with E-state index >= 15 is 0 Å². The zero-order chi connectivity index (χ0) is 19.2. The normalized spacial score (nSPS) is 17.9. The van der Waals surface area contributed by atoms with E-state index in [1.54, 1.807) is 18.3 Å². The SMILES string of the molecule is C.O=C([O-])c1c(OC2CN(C(=O)c3ncc[nH]3)C2)ccc2c1C[B-](O)(O)CC2. The van der Waals surface area contributed by atoms with E-state index in [-0.39, 0.29) is 49.2 Å². The fourth-order valence-electron chi connectivity index (χ4n) is 3.66. The van der Waals surface area contributed by atoms with E-state index in [2.05, 4.69) is 9.97 Å². The third kappa shape index (κ3) is 3.60. The molecule has 2 aliphatic rings. The van der Waals surface area contributed by atoms with Gasteiger partial charge in [0.1, 0.15) is 11.9 Å². The molecular formula is C18H22BN3O6-2. The molecule has 2 aromatic rings. The van der Waals surface area contributed by atoms with Gasteiger partial charge in [0, 0.05) is 18.0 Å². The molecule has 2 aliphatic heterocycles. The van der Waals surface area contributed by atoms with Crippen molar-refractivity contribution in [3.63, 3.8) is 0 Å². The fraction of sp³-hybridized carbons (Fsp3) is 0.389. The molecule has 1 fully saturated rings. The third-order valence-electron chi connectivity index (χ3n) is 5.11. The van der Waals surface area contributed by atoms with Crippen LogP contribution in [0.1, 0.15) is 39.5 Å². The smallest absolute Gasteiger partial charge is 0.289 e. The van der Waals surface area contributed by atoms with Crippen molar-refractivity contribution in [3.05, 3.63) is 47.0 Å². The van der Waals surface area contributed by atoms with Crippen LogP contribution >= 0.6 is 0 Å². The number of carbonyl (C=O) groups excluding carboxylic acids is 2. The molecule has 1 aromatic heterocycles. The monoisotopic (exact) mass is 387 g/mol. The Morgan fingerprint density at radius 1 is 1.32 bits per heavy atom. The van der Waals surface area contributed by atoms with Crippen molar-refractivity contribution in [3.8, 4) is 5.75 Å². The number of carboxylic acids is 1. The Kier molecular flexibility index (Phi) is 5.18. The Morgan fingerprint density at radius 2 is 2.07 bits per heavy atom. The largest absolute Gasteiger partial charge is 0.583 e. The number of rotatable bonds is 4. The van der Waals surface area contributed by atoms with Crippen LogP contribution in [0.25, 0.3) is 0 Å². The summed E-state index contributed by atoms with van der Waals surface area (Å²) in [6.07, 6.45) is 3.14. The Labute approximate surface area is 162 Å². The van der Waals surface area contributed by atoms with Crippen LogP contribution in [0.2, 0.25) is 6.32 Å². The second-order valence-corrected chi connectivity index (χ2v) is 7.13. The maximum absolute atomic E-state index is 12.1. The molecule has 0 bridgehead atoms. The average molecular weight is 387 g/mol. The number of fused-ring (bicyclic) bond motifs is 1. The highest BCUT2D eigenvalue weighted by atomic mass is 16.5. The zero-order valence-electron chi connectivity index (χ0n) is 14.4. The maximum Gasteiger partial charge on any atom is 0.289 e. The molecule has 0 atom stereocenters. The van der Waals surface area contributed by atoms with E-state index in [1.165, 1.54) is 11.1 Å². The van der Waals surface area contributed by atoms with E-state index in [1.807, 2.05) is 0 Å². The predicted octanol–water partition coefficient (Wildman–Crippen LogP) is -0.623. The molecule has 150 valence electrons. The molecule has 0 saturated carbocycles. The van der Waals surface area contributed by atoms with Crippen LogP contribution in [0.5, 0.6) is 5.75 Å². The molecule has 0 radical (unpaired) electrons. The van der Waals surface area contributed by atoms with E-state index in [0.29, 0.717) is 25.1 Å². The Bertz CT molecular complexity index is 893. The number of amides is 1. The summed E-state index contributed by atoms with van der Waals surface area (Å²) in [6, 6.07) is 3.31. The number of imidazole rings is 1. The summed E-state index contributed by atoms with van der Waals surface area (Å²) in [5.74, 6) is -1.31. The van der Waals surface area contributed by atoms with Crippen LogP contribution < -0.4 is 9.84 Å². The molecule has 3 N–H and O–H groups in total. The van der Waals surface area contributed by atoms with Gasteiger partial charge in [0.2, 0.25) is 6.55 Å². The van der Waals surface area contributed by atoms with Gasteiger partial charge in [-0.2, -0.15) is 0 Å². The van der Waals surface area contributed by atoms with Crippen LogP contribution in [-0.4, -0.2) is 62.5 Å². The van der Waals surface area contributed by atoms with Crippen LogP contribution in [-0.2, 0) is 12.7 Å². The topological polar surface area (TPSA) is 139 Å². The van der Waals surface area contributed by atoms with E-state index in [9.17, 15) is 24.7 Å². The number of aromatic amines is 1. The summed E-state index contributed by atoms with van der Waals surface area (Å²) < 4.78 is 5.77. The highest BCUT2D eigenvalue weighted by Gasteiger charge is 2.35. The molecule has 1 amide bonds. The van der Waals surface area contributed by atoms with Crippen LogP contribution in [0.15, 0.2) is 24.5 Å². The quantitative estimate of drug-likeness (QED) is 0.594. The summed E-state index contributed by atoms with van der Waals surface area (Å²) in [6.45, 7) is -2.01. The number of hydrogen-bond donors (Lipinski definition) is 3. The molecule has 9 nitrogen and oxygen atoms in total. The first-order valence-corrected chi connectivity index (χ1v) is 8.78. The first-order chi connectivity index (χ1) is 12.8. The highest BCUT2D eigenvalue weighted by molar-refractivity contribution is 6.64. The van der Waals surface area contributed by atoms with Crippen molar-refractivity contribution in [2.75, 3.05) is 13.1 Å². The fourth-order valence-corrected chi connectivity index (χ4v) is 3.66. The van der Waals surface area contributed by atoms with Gasteiger partial charge in [0.15, 0.2) is 5.82 Å². The average Bonchev–Trinajstić information content (AvgIpc) is 3.10. The summed E-state index contributed by atoms with van der Waals surface area (Å²) in [7, 11) is 0. The van der Waals surface area contributed by atoms with Crippen molar-refractivity contribution >= 4 is 18.4 Å². The predicted molar refractivity (Wildman–Crippen MR) is 98.8 cm³/mol. The number of H-pyrrole nitrogens is 1. The lowest BCUT2D eigenvalue weighted by molar-refractivity contribution is -0.255. The maximum atomic E-state index is 12.1. The van der Waals surface area contributed by atoms with Crippen molar-refractivity contribution < 1.29 is 29.5 Å². The molecule has 1 aromatic carbocycles. The number of likely N-dealkylation sites (tertiary alicyclic amines) is 1. The molecule has 0 unspecified atom stereocenters. The third-order valence-corrected chi connectivity index (χ3v) is 5.11. The first kappa shape index (κ1) is 19.9. The molecule has 0 spiro atoms. The van der Waals surface area contributed by atoms with Gasteiger partial charge in [0.25, 0.3) is 5.91 Å². The van der Waals surface area contributed by atoms with Gasteiger partial charge in [-0.3, -0.25) is 4.79 Å². The van der Waals surface area contributed by atoms with Gasteiger partial charge < -0.3 is 34.6 Å². The summed E-state index contributed by atoms with van der Waals surface area (Å²) in [4.78, 5) is 32.0. The Balaban J connectivity index is 0.00000225. The van der Waals surface area contributed by atoms with E-state index < -0.39 is 12.5 Å². The number of ether oxygens (including phenoxy) is 1. The lowest BCUT2D eigenvalue weighted by Gasteiger charge is -2.40. The van der Waals surface area contributed by atoms with Crippen LogP contribution in [0.3, 0.4) is 0 Å². The number of carboxylic acid groups (broad SMARTS) is 1. The lowest BCUT2D eigenvalue weighted by Crippen LogP contribution is -2.56. The summed E-state index contributed by atoms with van der Waals surface area (Å²) >= 11 is 0. The minimum atomic E-state index is -2.62. The van der Waals surface area contributed by atoms with Gasteiger partial charge in [-0.05, 0) is 11.6 Å². The summed E-state index contributed by atoms with van der Waals surface area (Å²) in [5.41, 5.74) is 0.967. The number of benzene rings is 1. The van der Waals surface area contributed by atoms with E-state index in [4.69, 9.17) is 4.74 Å². The molecule has 4 rings (SSSR count). The molecule has 3 heterocycles. The second-order valence-electron chi connectivity index (χ2n) is 7.13. The minimum Gasteiger partial charge on any atom is -0.583 e. The highest BCUT2D eigenvalue weighted by Crippen LogP contribution is 2.34. The van der Waals surface area contributed by atoms with E-state index in [0.717, 1.165) is 5.56 Å². The Hall–Kier alpha value is -2.85. The second kappa shape index (κ2) is 7.29. The van der Waals surface area contributed by atoms with Crippen molar-refractivity contribution in [2.24, 2.45) is 0 Å². The number of aryl methyl sites for hydroxylation is 1. The van der Waals surface area contributed by atoms with Gasteiger partial charge >= 0.3 is 0 Å². The molecule has 0 aliphatic carbocycles. The Morgan fingerprint density at radius 3 is 2.71 bits per heavy atom. The number of aromatic nitrogens is 2. The standard InChI is InChI=1S/C17H19BN3O6.CH4/c22-16(15-19-5-6-20-15)21-8-11(9-21)27-13-2-1-10-3-4-18(25,26)7-12(10)14(13)17(23)24;/h1-2,5-6,11,25-26H,3-4,7-9H2,(H,19,20)(H,23,24);1H4/q-1;/p-1.